The zero-order chi connectivity index (χ0) is 10.6. The topological polar surface area (TPSA) is 21.3 Å². The molecule has 1 N–H and O–H groups in total. The van der Waals surface area contributed by atoms with Crippen molar-refractivity contribution in [2.45, 2.75) is 40.2 Å². The van der Waals surface area contributed by atoms with Gasteiger partial charge in [-0.25, -0.2) is 0 Å². The minimum absolute atomic E-state index is 0.206. The maximum absolute atomic E-state index is 5.74. The Bertz CT molecular complexity index is 210. The molecule has 0 aromatic heterocycles. The highest BCUT2D eigenvalue weighted by molar-refractivity contribution is 5.16. The first-order valence-electron chi connectivity index (χ1n) is 5.56. The van der Waals surface area contributed by atoms with Crippen LogP contribution in [0.4, 0.5) is 0 Å². The summed E-state index contributed by atoms with van der Waals surface area (Å²) in [5.74, 6) is 0. The molecule has 1 fully saturated rings. The van der Waals surface area contributed by atoms with Crippen molar-refractivity contribution < 1.29 is 4.74 Å². The molecule has 1 aliphatic heterocycles. The zero-order valence-corrected chi connectivity index (χ0v) is 9.89. The molecular formula is C12H23NO. The molecule has 14 heavy (non-hydrogen) atoms. The second kappa shape index (κ2) is 4.94. The van der Waals surface area contributed by atoms with Crippen LogP contribution >= 0.6 is 0 Å². The van der Waals surface area contributed by atoms with E-state index >= 15 is 0 Å². The number of nitrogens with one attached hydrogen (secondary N) is 1. The van der Waals surface area contributed by atoms with E-state index in [0.29, 0.717) is 6.10 Å². The van der Waals surface area contributed by atoms with Gasteiger partial charge in [-0.15, -0.1) is 0 Å². The maximum atomic E-state index is 5.74. The number of hydrogen-bond donors (Lipinski definition) is 1. The highest BCUT2D eigenvalue weighted by atomic mass is 16.5. The van der Waals surface area contributed by atoms with E-state index in [-0.39, 0.29) is 5.41 Å². The van der Waals surface area contributed by atoms with Crippen molar-refractivity contribution in [1.29, 1.82) is 0 Å². The van der Waals surface area contributed by atoms with E-state index < -0.39 is 0 Å². The fraction of sp³-hybridized carbons (Fsp3) is 0.833. The SMILES string of the molecule is C/C=C1\CCNC[C@@]1(C)COC(C)C. The summed E-state index contributed by atoms with van der Waals surface area (Å²) in [6, 6.07) is 0. The first kappa shape index (κ1) is 11.7. The van der Waals surface area contributed by atoms with Crippen LogP contribution in [0.15, 0.2) is 11.6 Å². The molecule has 0 unspecified atom stereocenters. The monoisotopic (exact) mass is 197 g/mol. The predicted molar refractivity (Wildman–Crippen MR) is 60.4 cm³/mol. The van der Waals surface area contributed by atoms with Gasteiger partial charge >= 0.3 is 0 Å². The number of piperidine rings is 1. The molecule has 2 heteroatoms. The van der Waals surface area contributed by atoms with Gasteiger partial charge in [0.2, 0.25) is 0 Å². The van der Waals surface area contributed by atoms with Crippen molar-refractivity contribution in [3.05, 3.63) is 11.6 Å². The van der Waals surface area contributed by atoms with Crippen LogP contribution in [-0.4, -0.2) is 25.8 Å². The Balaban J connectivity index is 2.59. The van der Waals surface area contributed by atoms with E-state index in [4.69, 9.17) is 4.74 Å². The first-order chi connectivity index (χ1) is 6.58. The lowest BCUT2D eigenvalue weighted by Crippen LogP contribution is -2.43. The molecule has 1 aliphatic rings. The lowest BCUT2D eigenvalue weighted by atomic mass is 9.78. The van der Waals surface area contributed by atoms with E-state index in [1.807, 2.05) is 0 Å². The molecule has 1 saturated heterocycles. The fourth-order valence-corrected chi connectivity index (χ4v) is 1.99. The van der Waals surface area contributed by atoms with E-state index in [1.54, 1.807) is 0 Å². The van der Waals surface area contributed by atoms with Crippen LogP contribution < -0.4 is 5.32 Å². The quantitative estimate of drug-likeness (QED) is 0.701. The molecule has 0 spiro atoms. The Labute approximate surface area is 87.7 Å². The average Bonchev–Trinajstić information content (AvgIpc) is 2.16. The second-order valence-electron chi connectivity index (χ2n) is 4.66. The Hall–Kier alpha value is -0.340. The minimum Gasteiger partial charge on any atom is -0.378 e. The summed E-state index contributed by atoms with van der Waals surface area (Å²) < 4.78 is 5.74. The fourth-order valence-electron chi connectivity index (χ4n) is 1.99. The van der Waals surface area contributed by atoms with E-state index in [0.717, 1.165) is 26.1 Å². The van der Waals surface area contributed by atoms with Gasteiger partial charge in [-0.1, -0.05) is 18.6 Å². The lowest BCUT2D eigenvalue weighted by molar-refractivity contribution is 0.0237. The maximum Gasteiger partial charge on any atom is 0.0572 e. The van der Waals surface area contributed by atoms with Gasteiger partial charge in [0.15, 0.2) is 0 Å². The number of allylic oxidation sites excluding steroid dienone is 1. The average molecular weight is 197 g/mol. The summed E-state index contributed by atoms with van der Waals surface area (Å²) in [5, 5.41) is 3.44. The van der Waals surface area contributed by atoms with E-state index in [1.165, 1.54) is 5.57 Å². The van der Waals surface area contributed by atoms with Crippen molar-refractivity contribution >= 4 is 0 Å². The first-order valence-corrected chi connectivity index (χ1v) is 5.56. The summed E-state index contributed by atoms with van der Waals surface area (Å²) in [5.41, 5.74) is 1.74. The Morgan fingerprint density at radius 2 is 2.29 bits per heavy atom. The molecule has 0 aliphatic carbocycles. The molecule has 1 heterocycles. The van der Waals surface area contributed by atoms with Gasteiger partial charge in [-0.2, -0.15) is 0 Å². The third-order valence-corrected chi connectivity index (χ3v) is 2.95. The highest BCUT2D eigenvalue weighted by Crippen LogP contribution is 2.31. The third-order valence-electron chi connectivity index (χ3n) is 2.95. The number of rotatable bonds is 3. The van der Waals surface area contributed by atoms with Gasteiger partial charge in [-0.05, 0) is 33.7 Å². The molecule has 0 radical (unpaired) electrons. The summed E-state index contributed by atoms with van der Waals surface area (Å²) in [6.45, 7) is 11.6. The van der Waals surface area contributed by atoms with Crippen LogP contribution in [0, 0.1) is 5.41 Å². The third kappa shape index (κ3) is 2.82. The Morgan fingerprint density at radius 3 is 2.86 bits per heavy atom. The van der Waals surface area contributed by atoms with Gasteiger partial charge in [0.05, 0.1) is 12.7 Å². The molecule has 2 nitrogen and oxygen atoms in total. The number of ether oxygens (including phenoxy) is 1. The highest BCUT2D eigenvalue weighted by Gasteiger charge is 2.31. The van der Waals surface area contributed by atoms with Crippen LogP contribution in [0.25, 0.3) is 0 Å². The van der Waals surface area contributed by atoms with Gasteiger partial charge in [0.25, 0.3) is 0 Å². The summed E-state index contributed by atoms with van der Waals surface area (Å²) in [6.07, 6.45) is 3.74. The minimum atomic E-state index is 0.206. The van der Waals surface area contributed by atoms with Gasteiger partial charge in [-0.3, -0.25) is 0 Å². The molecule has 1 atom stereocenters. The molecule has 0 bridgehead atoms. The van der Waals surface area contributed by atoms with Crippen molar-refractivity contribution in [2.24, 2.45) is 5.41 Å². The van der Waals surface area contributed by atoms with Crippen LogP contribution in [0.1, 0.15) is 34.1 Å². The predicted octanol–water partition coefficient (Wildman–Crippen LogP) is 2.36. The molecule has 0 aromatic carbocycles. The standard InChI is InChI=1S/C12H23NO/c1-5-11-6-7-13-8-12(11,4)9-14-10(2)3/h5,10,13H,6-9H2,1-4H3/b11-5+/t12-/m0/s1. The molecule has 82 valence electrons. The van der Waals surface area contributed by atoms with Crippen molar-refractivity contribution in [3.8, 4) is 0 Å². The van der Waals surface area contributed by atoms with Crippen molar-refractivity contribution in [2.75, 3.05) is 19.7 Å². The normalized spacial score (nSPS) is 31.4. The molecule has 0 saturated carbocycles. The lowest BCUT2D eigenvalue weighted by Gasteiger charge is -2.37. The van der Waals surface area contributed by atoms with Crippen LogP contribution in [0.2, 0.25) is 0 Å². The van der Waals surface area contributed by atoms with Gasteiger partial charge in [0.1, 0.15) is 0 Å². The Kier molecular flexibility index (Phi) is 4.14. The Morgan fingerprint density at radius 1 is 1.57 bits per heavy atom. The van der Waals surface area contributed by atoms with Crippen LogP contribution in [0.5, 0.6) is 0 Å². The van der Waals surface area contributed by atoms with Gasteiger partial charge in [0, 0.05) is 12.0 Å². The van der Waals surface area contributed by atoms with Crippen LogP contribution in [0.3, 0.4) is 0 Å². The van der Waals surface area contributed by atoms with Gasteiger partial charge < -0.3 is 10.1 Å². The zero-order valence-electron chi connectivity index (χ0n) is 9.89. The summed E-state index contributed by atoms with van der Waals surface area (Å²) in [7, 11) is 0. The molecule has 0 aromatic rings. The van der Waals surface area contributed by atoms with E-state index in [9.17, 15) is 0 Å². The molecular weight excluding hydrogens is 174 g/mol. The van der Waals surface area contributed by atoms with E-state index in [2.05, 4.69) is 39.1 Å². The molecule has 0 amide bonds. The number of hydrogen-bond acceptors (Lipinski definition) is 2. The largest absolute Gasteiger partial charge is 0.378 e. The second-order valence-corrected chi connectivity index (χ2v) is 4.66. The smallest absolute Gasteiger partial charge is 0.0572 e. The van der Waals surface area contributed by atoms with Crippen molar-refractivity contribution in [1.82, 2.24) is 5.32 Å². The summed E-state index contributed by atoms with van der Waals surface area (Å²) in [4.78, 5) is 0. The van der Waals surface area contributed by atoms with Crippen LogP contribution in [-0.2, 0) is 4.74 Å². The van der Waals surface area contributed by atoms with Crippen molar-refractivity contribution in [3.63, 3.8) is 0 Å². The summed E-state index contributed by atoms with van der Waals surface area (Å²) >= 11 is 0. The molecule has 1 rings (SSSR count).